The first-order valence-corrected chi connectivity index (χ1v) is 7.36. The Labute approximate surface area is 137 Å². The van der Waals surface area contributed by atoms with Crippen molar-refractivity contribution in [2.75, 3.05) is 17.2 Å². The highest BCUT2D eigenvalue weighted by Gasteiger charge is 2.19. The van der Waals surface area contributed by atoms with E-state index in [0.29, 0.717) is 18.0 Å². The fraction of sp³-hybridized carbons (Fsp3) is 0.235. The Morgan fingerprint density at radius 3 is 2.50 bits per heavy atom. The smallest absolute Gasteiger partial charge is 0.246 e. The topological polar surface area (TPSA) is 50.4 Å². The first kappa shape index (κ1) is 17.7. The SMILES string of the molecule is CCOc1ccccc1N[C@@H](C)C(=O)Nc1ccc(F)c(F)c1F. The van der Waals surface area contributed by atoms with Crippen LogP contribution in [-0.2, 0) is 4.79 Å². The Kier molecular flexibility index (Phi) is 5.68. The van der Waals surface area contributed by atoms with Crippen LogP contribution in [0, 0.1) is 17.5 Å². The van der Waals surface area contributed by atoms with E-state index in [4.69, 9.17) is 4.74 Å². The molecule has 2 rings (SSSR count). The minimum absolute atomic E-state index is 0.425. The van der Waals surface area contributed by atoms with Crippen LogP contribution in [-0.4, -0.2) is 18.6 Å². The fourth-order valence-corrected chi connectivity index (χ4v) is 2.03. The summed E-state index contributed by atoms with van der Waals surface area (Å²) in [6, 6.07) is 7.97. The van der Waals surface area contributed by atoms with E-state index in [1.807, 2.05) is 6.92 Å². The largest absolute Gasteiger partial charge is 0.492 e. The first-order valence-electron chi connectivity index (χ1n) is 7.36. The molecule has 128 valence electrons. The number of para-hydroxylation sites is 2. The van der Waals surface area contributed by atoms with Gasteiger partial charge in [0.05, 0.1) is 18.0 Å². The molecule has 0 saturated carbocycles. The van der Waals surface area contributed by atoms with Gasteiger partial charge in [-0.1, -0.05) is 12.1 Å². The van der Waals surface area contributed by atoms with Crippen LogP contribution in [0.15, 0.2) is 36.4 Å². The summed E-state index contributed by atoms with van der Waals surface area (Å²) in [5.74, 6) is -4.42. The summed E-state index contributed by atoms with van der Waals surface area (Å²) in [4.78, 5) is 12.1. The average Bonchev–Trinajstić information content (AvgIpc) is 2.57. The number of benzene rings is 2. The van der Waals surface area contributed by atoms with Crippen LogP contribution in [0.4, 0.5) is 24.5 Å². The molecule has 1 atom stereocenters. The molecule has 0 saturated heterocycles. The molecular formula is C17H17F3N2O2. The molecule has 0 radical (unpaired) electrons. The number of hydrogen-bond acceptors (Lipinski definition) is 3. The lowest BCUT2D eigenvalue weighted by Gasteiger charge is -2.18. The minimum Gasteiger partial charge on any atom is -0.492 e. The van der Waals surface area contributed by atoms with Crippen LogP contribution in [0.25, 0.3) is 0 Å². The molecule has 0 spiro atoms. The molecule has 0 fully saturated rings. The maximum atomic E-state index is 13.6. The third-order valence-electron chi connectivity index (χ3n) is 3.25. The number of halogens is 3. The summed E-state index contributed by atoms with van der Waals surface area (Å²) < 4.78 is 45.1. The quantitative estimate of drug-likeness (QED) is 0.785. The predicted molar refractivity (Wildman–Crippen MR) is 85.6 cm³/mol. The molecule has 2 aromatic carbocycles. The number of ether oxygens (including phenoxy) is 1. The molecule has 1 amide bonds. The monoisotopic (exact) mass is 338 g/mol. The van der Waals surface area contributed by atoms with Crippen LogP contribution in [0.5, 0.6) is 5.75 Å². The van der Waals surface area contributed by atoms with Gasteiger partial charge in [0.25, 0.3) is 0 Å². The Morgan fingerprint density at radius 1 is 1.08 bits per heavy atom. The maximum absolute atomic E-state index is 13.6. The Bertz CT molecular complexity index is 738. The number of carbonyl (C=O) groups excluding carboxylic acids is 1. The minimum atomic E-state index is -1.63. The summed E-state index contributed by atoms with van der Waals surface area (Å²) in [5.41, 5.74) is 0.165. The van der Waals surface area contributed by atoms with Gasteiger partial charge in [-0.25, -0.2) is 13.2 Å². The van der Waals surface area contributed by atoms with Crippen LogP contribution in [0.1, 0.15) is 13.8 Å². The van der Waals surface area contributed by atoms with E-state index in [0.717, 1.165) is 12.1 Å². The van der Waals surface area contributed by atoms with Crippen molar-refractivity contribution < 1.29 is 22.7 Å². The molecule has 0 bridgehead atoms. The number of carbonyl (C=O) groups is 1. The van der Waals surface area contributed by atoms with E-state index in [-0.39, 0.29) is 0 Å². The zero-order valence-corrected chi connectivity index (χ0v) is 13.2. The van der Waals surface area contributed by atoms with Crippen molar-refractivity contribution in [3.05, 3.63) is 53.8 Å². The van der Waals surface area contributed by atoms with Crippen molar-refractivity contribution in [1.82, 2.24) is 0 Å². The van der Waals surface area contributed by atoms with Crippen molar-refractivity contribution in [2.24, 2.45) is 0 Å². The lowest BCUT2D eigenvalue weighted by atomic mass is 10.2. The number of hydrogen-bond donors (Lipinski definition) is 2. The van der Waals surface area contributed by atoms with Gasteiger partial charge in [-0.2, -0.15) is 0 Å². The zero-order chi connectivity index (χ0) is 17.7. The van der Waals surface area contributed by atoms with Crippen molar-refractivity contribution in [3.8, 4) is 5.75 Å². The number of nitrogens with one attached hydrogen (secondary N) is 2. The van der Waals surface area contributed by atoms with Gasteiger partial charge in [-0.05, 0) is 38.1 Å². The van der Waals surface area contributed by atoms with E-state index in [2.05, 4.69) is 10.6 Å². The molecule has 0 unspecified atom stereocenters. The first-order chi connectivity index (χ1) is 11.4. The lowest BCUT2D eigenvalue weighted by Crippen LogP contribution is -2.32. The van der Waals surface area contributed by atoms with Crippen LogP contribution in [0.3, 0.4) is 0 Å². The summed E-state index contributed by atoms with van der Waals surface area (Å²) in [5, 5.41) is 5.16. The van der Waals surface area contributed by atoms with Crippen LogP contribution in [0.2, 0.25) is 0 Å². The van der Waals surface area contributed by atoms with Gasteiger partial charge < -0.3 is 15.4 Å². The highest BCUT2D eigenvalue weighted by molar-refractivity contribution is 5.96. The molecule has 7 heteroatoms. The van der Waals surface area contributed by atoms with Gasteiger partial charge in [0.2, 0.25) is 5.91 Å². The molecule has 2 N–H and O–H groups in total. The number of rotatable bonds is 6. The standard InChI is InChI=1S/C17H17F3N2O2/c1-3-24-14-7-5-4-6-12(14)21-10(2)17(23)22-13-9-8-11(18)15(19)16(13)20/h4-10,21H,3H2,1-2H3,(H,22,23)/t10-/m0/s1. The Morgan fingerprint density at radius 2 is 1.79 bits per heavy atom. The second kappa shape index (κ2) is 7.72. The van der Waals surface area contributed by atoms with Crippen molar-refractivity contribution in [1.29, 1.82) is 0 Å². The molecule has 0 aliphatic carbocycles. The predicted octanol–water partition coefficient (Wildman–Crippen LogP) is 3.94. The van der Waals surface area contributed by atoms with E-state index < -0.39 is 35.1 Å². The van der Waals surface area contributed by atoms with E-state index in [1.165, 1.54) is 0 Å². The lowest BCUT2D eigenvalue weighted by molar-refractivity contribution is -0.116. The normalized spacial score (nSPS) is 11.7. The molecule has 4 nitrogen and oxygen atoms in total. The van der Waals surface area contributed by atoms with Crippen LogP contribution < -0.4 is 15.4 Å². The van der Waals surface area contributed by atoms with Crippen LogP contribution >= 0.6 is 0 Å². The second-order valence-corrected chi connectivity index (χ2v) is 5.01. The second-order valence-electron chi connectivity index (χ2n) is 5.01. The highest BCUT2D eigenvalue weighted by Crippen LogP contribution is 2.25. The molecule has 2 aromatic rings. The van der Waals surface area contributed by atoms with Crippen molar-refractivity contribution in [2.45, 2.75) is 19.9 Å². The summed E-state index contributed by atoms with van der Waals surface area (Å²) in [7, 11) is 0. The molecule has 0 aliphatic heterocycles. The number of amides is 1. The molecule has 0 aromatic heterocycles. The van der Waals surface area contributed by atoms with E-state index in [9.17, 15) is 18.0 Å². The summed E-state index contributed by atoms with van der Waals surface area (Å²) in [6.07, 6.45) is 0. The average molecular weight is 338 g/mol. The van der Waals surface area contributed by atoms with Crippen molar-refractivity contribution >= 4 is 17.3 Å². The van der Waals surface area contributed by atoms with Gasteiger partial charge in [-0.3, -0.25) is 4.79 Å². The van der Waals surface area contributed by atoms with E-state index in [1.54, 1.807) is 31.2 Å². The molecule has 0 heterocycles. The maximum Gasteiger partial charge on any atom is 0.246 e. The fourth-order valence-electron chi connectivity index (χ4n) is 2.03. The van der Waals surface area contributed by atoms with E-state index >= 15 is 0 Å². The number of anilines is 2. The van der Waals surface area contributed by atoms with Gasteiger partial charge >= 0.3 is 0 Å². The van der Waals surface area contributed by atoms with Gasteiger partial charge in [0, 0.05) is 0 Å². The highest BCUT2D eigenvalue weighted by atomic mass is 19.2. The summed E-state index contributed by atoms with van der Waals surface area (Å²) >= 11 is 0. The third-order valence-corrected chi connectivity index (χ3v) is 3.25. The molecular weight excluding hydrogens is 321 g/mol. The molecule has 0 aliphatic rings. The zero-order valence-electron chi connectivity index (χ0n) is 13.2. The Hall–Kier alpha value is -2.70. The van der Waals surface area contributed by atoms with Gasteiger partial charge in [-0.15, -0.1) is 0 Å². The summed E-state index contributed by atoms with van der Waals surface area (Å²) in [6.45, 7) is 3.84. The molecule has 24 heavy (non-hydrogen) atoms. The third kappa shape index (κ3) is 3.98. The Balaban J connectivity index is 2.09. The van der Waals surface area contributed by atoms with Gasteiger partial charge in [0.1, 0.15) is 11.8 Å². The van der Waals surface area contributed by atoms with Crippen molar-refractivity contribution in [3.63, 3.8) is 0 Å². The van der Waals surface area contributed by atoms with Gasteiger partial charge in [0.15, 0.2) is 17.5 Å².